The fourth-order valence-electron chi connectivity index (χ4n) is 10.6. The van der Waals surface area contributed by atoms with E-state index in [4.69, 9.17) is 23.7 Å². The van der Waals surface area contributed by atoms with Crippen LogP contribution < -0.4 is 9.47 Å². The third-order valence-corrected chi connectivity index (χ3v) is 20.8. The Bertz CT molecular complexity index is 3400. The molecule has 0 radical (unpaired) electrons. The summed E-state index contributed by atoms with van der Waals surface area (Å²) in [6, 6.07) is 49.6. The number of piperidine rings is 4. The van der Waals surface area contributed by atoms with Gasteiger partial charge in [0.05, 0.1) is 14.2 Å². The van der Waals surface area contributed by atoms with Crippen molar-refractivity contribution in [1.29, 1.82) is 0 Å². The SMILES string of the molecule is C=CC(=O)N1CCC(Sc2cccc(-c3ccccc3OC)c2)CC1.CC(C)(C)OC(=O)N1CCC(Sc2cccc(Br)c2)CC1.CC1CCN(C(=O)OC(C)(C)C)CC1.COc1ccccc1-c1cccc(SC2CCN(C(=O)OC(C)(C)C)CC2)c1.Sc1cccc(Br)c1. The molecule has 10 rings (SSSR count). The number of amides is 4. The minimum Gasteiger partial charge on any atom is -0.496 e. The lowest BCUT2D eigenvalue weighted by Gasteiger charge is -2.33. The van der Waals surface area contributed by atoms with E-state index in [9.17, 15) is 19.2 Å². The van der Waals surface area contributed by atoms with Gasteiger partial charge >= 0.3 is 18.3 Å². The van der Waals surface area contributed by atoms with Gasteiger partial charge in [0.2, 0.25) is 5.91 Å². The molecule has 4 heterocycles. The molecule has 6 aromatic rings. The number of hydrogen-bond donors (Lipinski definition) is 1. The molecule has 520 valence electrons. The van der Waals surface area contributed by atoms with Crippen molar-refractivity contribution in [3.8, 4) is 33.8 Å². The van der Waals surface area contributed by atoms with Crippen molar-refractivity contribution in [1.82, 2.24) is 19.6 Å². The van der Waals surface area contributed by atoms with Crippen LogP contribution in [0, 0.1) is 5.92 Å². The zero-order valence-electron chi connectivity index (χ0n) is 58.2. The topological polar surface area (TPSA) is 127 Å². The molecular formula is C77H100Br2N4O9S4. The average molecular weight is 1510 g/mol. The highest BCUT2D eigenvalue weighted by Gasteiger charge is 2.30. The molecule has 0 aliphatic carbocycles. The number of methoxy groups -OCH3 is 2. The molecular weight excluding hydrogens is 1410 g/mol. The second-order valence-electron chi connectivity index (χ2n) is 27.0. The molecule has 4 amide bonds. The summed E-state index contributed by atoms with van der Waals surface area (Å²) in [4.78, 5) is 59.7. The van der Waals surface area contributed by atoms with Gasteiger partial charge in [-0.1, -0.05) is 118 Å². The van der Waals surface area contributed by atoms with E-state index in [1.54, 1.807) is 14.2 Å². The summed E-state index contributed by atoms with van der Waals surface area (Å²) in [7, 11) is 3.41. The second kappa shape index (κ2) is 39.2. The lowest BCUT2D eigenvalue weighted by atomic mass is 10.00. The van der Waals surface area contributed by atoms with Crippen molar-refractivity contribution in [3.05, 3.63) is 167 Å². The van der Waals surface area contributed by atoms with Crippen LogP contribution in [0.1, 0.15) is 121 Å². The van der Waals surface area contributed by atoms with Crippen molar-refractivity contribution in [2.24, 2.45) is 5.92 Å². The molecule has 4 saturated heterocycles. The van der Waals surface area contributed by atoms with Crippen molar-refractivity contribution in [2.45, 2.75) is 173 Å². The number of hydrogen-bond acceptors (Lipinski definition) is 13. The molecule has 0 unspecified atom stereocenters. The predicted molar refractivity (Wildman–Crippen MR) is 408 cm³/mol. The molecule has 0 bridgehead atoms. The van der Waals surface area contributed by atoms with Crippen molar-refractivity contribution in [3.63, 3.8) is 0 Å². The third kappa shape index (κ3) is 28.6. The number of carbonyl (C=O) groups is 4. The minimum absolute atomic E-state index is 0.0432. The number of ether oxygens (including phenoxy) is 5. The largest absolute Gasteiger partial charge is 0.496 e. The fourth-order valence-corrected chi connectivity index (χ4v) is 15.5. The number of rotatable bonds is 11. The predicted octanol–water partition coefficient (Wildman–Crippen LogP) is 20.8. The maximum absolute atomic E-state index is 12.2. The highest BCUT2D eigenvalue weighted by molar-refractivity contribution is 9.10. The summed E-state index contributed by atoms with van der Waals surface area (Å²) in [5.41, 5.74) is 3.31. The second-order valence-corrected chi connectivity index (χ2v) is 33.4. The van der Waals surface area contributed by atoms with E-state index < -0.39 is 11.2 Å². The van der Waals surface area contributed by atoms with Crippen LogP contribution in [0.25, 0.3) is 22.3 Å². The zero-order chi connectivity index (χ0) is 70.0. The summed E-state index contributed by atoms with van der Waals surface area (Å²) < 4.78 is 29.4. The van der Waals surface area contributed by atoms with E-state index in [0.29, 0.717) is 15.7 Å². The van der Waals surface area contributed by atoms with Gasteiger partial charge < -0.3 is 43.3 Å². The maximum atomic E-state index is 12.2. The fraction of sp³-hybridized carbons (Fsp3) is 0.455. The number of halogens is 2. The van der Waals surface area contributed by atoms with Crippen molar-refractivity contribution < 1.29 is 42.9 Å². The normalized spacial score (nSPS) is 15.7. The summed E-state index contributed by atoms with van der Waals surface area (Å²) in [5.74, 6) is 2.56. The van der Waals surface area contributed by atoms with Crippen LogP contribution >= 0.6 is 79.8 Å². The molecule has 0 aromatic heterocycles. The Kier molecular flexibility index (Phi) is 32.4. The molecule has 13 nitrogen and oxygen atoms in total. The van der Waals surface area contributed by atoms with Gasteiger partial charge in [0.15, 0.2) is 0 Å². The molecule has 4 fully saturated rings. The Hall–Kier alpha value is -5.70. The standard InChI is InChI=1S/C23H29NO3S.C21H23NO2S.C16H22BrNO2S.C11H21NO2.C6H5BrS/c1-23(2,3)27-22(25)24-14-12-18(13-15-24)28-19-9-7-8-17(16-19)20-10-5-6-11-21(20)26-4;1-3-21(23)22-13-11-17(12-14-22)25-18-8-6-7-16(15-18)19-9-4-5-10-20(19)24-2;1-16(2,3)20-15(19)18-9-7-13(8-10-18)21-14-6-4-5-12(17)11-14;1-9-5-7-12(8-6-9)10(13)14-11(2,3)4;7-5-2-1-3-6(8)4-5/h5-11,16,18H,12-15H2,1-4H3;3-10,15,17H,1,11-14H2,2H3;4-6,11,13H,7-10H2,1-3H3;9H,5-8H2,1-4H3;1-4,8H. The van der Waals surface area contributed by atoms with Gasteiger partial charge in [-0.05, 0) is 210 Å². The molecule has 0 spiro atoms. The Morgan fingerprint density at radius 3 is 1.09 bits per heavy atom. The van der Waals surface area contributed by atoms with Crippen LogP contribution in [-0.2, 0) is 19.0 Å². The van der Waals surface area contributed by atoms with Gasteiger partial charge in [0.1, 0.15) is 28.3 Å². The van der Waals surface area contributed by atoms with Gasteiger partial charge in [-0.3, -0.25) is 4.79 Å². The summed E-state index contributed by atoms with van der Waals surface area (Å²) in [6.07, 6.45) is 9.06. The molecule has 19 heteroatoms. The lowest BCUT2D eigenvalue weighted by molar-refractivity contribution is -0.126. The number of para-hydroxylation sites is 2. The third-order valence-electron chi connectivity index (χ3n) is 15.6. The van der Waals surface area contributed by atoms with Crippen molar-refractivity contribution >= 4 is 104 Å². The van der Waals surface area contributed by atoms with E-state index in [0.717, 1.165) is 152 Å². The highest BCUT2D eigenvalue weighted by atomic mass is 79.9. The first kappa shape index (κ1) is 79.3. The molecule has 0 N–H and O–H groups in total. The Morgan fingerprint density at radius 2 is 0.771 bits per heavy atom. The first-order chi connectivity index (χ1) is 45.6. The number of benzene rings is 6. The minimum atomic E-state index is -0.443. The Balaban J connectivity index is 0.000000199. The maximum Gasteiger partial charge on any atom is 0.410 e. The van der Waals surface area contributed by atoms with Crippen LogP contribution in [0.5, 0.6) is 11.5 Å². The van der Waals surface area contributed by atoms with Gasteiger partial charge in [-0.15, -0.1) is 47.9 Å². The molecule has 96 heavy (non-hydrogen) atoms. The molecule has 4 aliphatic rings. The van der Waals surface area contributed by atoms with Crippen LogP contribution in [0.3, 0.4) is 0 Å². The molecule has 4 aliphatic heterocycles. The number of thioether (sulfide) groups is 3. The van der Waals surface area contributed by atoms with Crippen LogP contribution in [-0.4, -0.2) is 143 Å². The van der Waals surface area contributed by atoms with E-state index in [1.807, 2.05) is 184 Å². The average Bonchev–Trinajstić information content (AvgIpc) is 0.880. The number of likely N-dealkylation sites (tertiary alicyclic amines) is 4. The van der Waals surface area contributed by atoms with E-state index >= 15 is 0 Å². The molecule has 0 saturated carbocycles. The first-order valence-corrected chi connectivity index (χ1v) is 37.8. The Morgan fingerprint density at radius 1 is 0.448 bits per heavy atom. The van der Waals surface area contributed by atoms with Crippen molar-refractivity contribution in [2.75, 3.05) is 66.6 Å². The van der Waals surface area contributed by atoms with E-state index in [1.165, 1.54) is 26.3 Å². The Labute approximate surface area is 608 Å². The number of carbonyl (C=O) groups excluding carboxylic acids is 4. The van der Waals surface area contributed by atoms with Crippen LogP contribution in [0.15, 0.2) is 187 Å². The number of nitrogens with zero attached hydrogens (tertiary/aromatic N) is 4. The quantitative estimate of drug-likeness (QED) is 0.0754. The van der Waals surface area contributed by atoms with Gasteiger partial charge in [0.25, 0.3) is 0 Å². The lowest BCUT2D eigenvalue weighted by Crippen LogP contribution is -2.42. The van der Waals surface area contributed by atoms with Crippen LogP contribution in [0.4, 0.5) is 14.4 Å². The molecule has 0 atom stereocenters. The van der Waals surface area contributed by atoms with Crippen LogP contribution in [0.2, 0.25) is 0 Å². The molecule has 6 aromatic carbocycles. The smallest absolute Gasteiger partial charge is 0.410 e. The highest BCUT2D eigenvalue weighted by Crippen LogP contribution is 2.38. The summed E-state index contributed by atoms with van der Waals surface area (Å²) in [6.45, 7) is 29.3. The van der Waals surface area contributed by atoms with Gasteiger partial charge in [0, 0.05) is 108 Å². The monoisotopic (exact) mass is 1510 g/mol. The first-order valence-electron chi connectivity index (χ1n) is 33.1. The van der Waals surface area contributed by atoms with E-state index in [2.05, 4.69) is 137 Å². The summed E-state index contributed by atoms with van der Waals surface area (Å²) in [5, 5.41) is 1.62. The van der Waals surface area contributed by atoms with E-state index in [-0.39, 0.29) is 29.8 Å². The van der Waals surface area contributed by atoms with Gasteiger partial charge in [-0.25, -0.2) is 14.4 Å². The van der Waals surface area contributed by atoms with Gasteiger partial charge in [-0.2, -0.15) is 0 Å². The number of thiol groups is 1. The summed E-state index contributed by atoms with van der Waals surface area (Å²) >= 11 is 16.6. The zero-order valence-corrected chi connectivity index (χ0v) is 64.7.